The van der Waals surface area contributed by atoms with Crippen molar-refractivity contribution in [1.82, 2.24) is 0 Å². The number of hydrogen-bond donors (Lipinski definition) is 0. The largest absolute Gasteiger partial charge is 0.472 e. The Labute approximate surface area is 66.0 Å². The van der Waals surface area contributed by atoms with Crippen molar-refractivity contribution in [3.63, 3.8) is 0 Å². The van der Waals surface area contributed by atoms with E-state index in [1.165, 1.54) is 0 Å². The van der Waals surface area contributed by atoms with Crippen LogP contribution in [0.3, 0.4) is 0 Å². The highest BCUT2D eigenvalue weighted by molar-refractivity contribution is 7.90. The van der Waals surface area contributed by atoms with Crippen LogP contribution >= 0.6 is 12.3 Å². The van der Waals surface area contributed by atoms with E-state index in [0.29, 0.717) is 0 Å². The molecule has 1 aliphatic heterocycles. The first-order chi connectivity index (χ1) is 4.86. The summed E-state index contributed by atoms with van der Waals surface area (Å²) in [5, 5.41) is 0. The van der Waals surface area contributed by atoms with Gasteiger partial charge in [0, 0.05) is 0 Å². The van der Waals surface area contributed by atoms with Gasteiger partial charge < -0.3 is 8.75 Å². The van der Waals surface area contributed by atoms with Crippen molar-refractivity contribution in [2.45, 2.75) is 32.9 Å². The topological polar surface area (TPSA) is 27.7 Å². The van der Waals surface area contributed by atoms with Crippen molar-refractivity contribution in [2.75, 3.05) is 0 Å². The molecule has 0 bridgehead atoms. The van der Waals surface area contributed by atoms with Crippen LogP contribution in [0, 0.1) is 0 Å². The molecule has 1 saturated heterocycles. The third kappa shape index (κ3) is 2.16. The molecule has 1 unspecified atom stereocenters. The first-order valence-electron chi connectivity index (χ1n) is 3.51. The Kier molecular flexibility index (Phi) is 3.55. The van der Waals surface area contributed by atoms with Crippen LogP contribution in [0.15, 0.2) is 0 Å². The minimum Gasteiger partial charge on any atom is -0.384 e. The maximum Gasteiger partial charge on any atom is 0.472 e. The van der Waals surface area contributed by atoms with E-state index in [-0.39, 0.29) is 13.4 Å². The molecule has 1 aliphatic rings. The van der Waals surface area contributed by atoms with Gasteiger partial charge in [0.15, 0.2) is 6.29 Å². The Morgan fingerprint density at radius 2 is 2.30 bits per heavy atom. The minimum absolute atomic E-state index is 0.0938. The average molecular weight is 162 g/mol. The van der Waals surface area contributed by atoms with Gasteiger partial charge in [0.25, 0.3) is 0 Å². The Morgan fingerprint density at radius 1 is 1.50 bits per heavy atom. The van der Waals surface area contributed by atoms with Crippen LogP contribution in [0.25, 0.3) is 0 Å². The van der Waals surface area contributed by atoms with Crippen LogP contribution in [-0.4, -0.2) is 13.4 Å². The standard InChI is InChI=1S/C5H11BO3S/c1-3-5-7-6(4-2)9-10-8-5/h5H,3-4H2,1-2H3. The van der Waals surface area contributed by atoms with Gasteiger partial charge in [0.2, 0.25) is 0 Å². The summed E-state index contributed by atoms with van der Waals surface area (Å²) in [7, 11) is -0.0938. The fraction of sp³-hybridized carbons (Fsp3) is 1.00. The summed E-state index contributed by atoms with van der Waals surface area (Å²) in [4.78, 5) is 0. The van der Waals surface area contributed by atoms with E-state index >= 15 is 0 Å². The summed E-state index contributed by atoms with van der Waals surface area (Å²) < 4.78 is 15.4. The predicted octanol–water partition coefficient (Wildman–Crippen LogP) is 1.86. The first-order valence-corrected chi connectivity index (χ1v) is 4.17. The number of rotatable bonds is 2. The lowest BCUT2D eigenvalue weighted by atomic mass is 9.87. The van der Waals surface area contributed by atoms with Crippen molar-refractivity contribution < 1.29 is 12.9 Å². The Morgan fingerprint density at radius 3 is 2.90 bits per heavy atom. The maximum atomic E-state index is 5.32. The molecule has 58 valence electrons. The molecule has 0 aliphatic carbocycles. The van der Waals surface area contributed by atoms with Crippen molar-refractivity contribution in [2.24, 2.45) is 0 Å². The molecule has 0 aromatic rings. The third-order valence-corrected chi connectivity index (χ3v) is 1.85. The fourth-order valence-electron chi connectivity index (χ4n) is 0.653. The highest BCUT2D eigenvalue weighted by Crippen LogP contribution is 2.22. The highest BCUT2D eigenvalue weighted by Gasteiger charge is 2.27. The van der Waals surface area contributed by atoms with Gasteiger partial charge in [-0.15, -0.1) is 0 Å². The van der Waals surface area contributed by atoms with Gasteiger partial charge in [-0.05, 0) is 12.7 Å². The highest BCUT2D eigenvalue weighted by atomic mass is 32.2. The molecule has 0 N–H and O–H groups in total. The van der Waals surface area contributed by atoms with Gasteiger partial charge in [0.05, 0.1) is 0 Å². The lowest BCUT2D eigenvalue weighted by molar-refractivity contribution is -0.0170. The lowest BCUT2D eigenvalue weighted by Crippen LogP contribution is -2.31. The smallest absolute Gasteiger partial charge is 0.384 e. The molecule has 0 aromatic carbocycles. The summed E-state index contributed by atoms with van der Waals surface area (Å²) in [6.45, 7) is 4.03. The molecule has 1 rings (SSSR count). The molecule has 5 heteroatoms. The van der Waals surface area contributed by atoms with Crippen molar-refractivity contribution >= 4 is 19.4 Å². The molecule has 3 nitrogen and oxygen atoms in total. The molecule has 1 fully saturated rings. The lowest BCUT2D eigenvalue weighted by Gasteiger charge is -2.24. The van der Waals surface area contributed by atoms with Crippen LogP contribution < -0.4 is 0 Å². The van der Waals surface area contributed by atoms with E-state index in [1.54, 1.807) is 0 Å². The number of hydrogen-bond acceptors (Lipinski definition) is 4. The van der Waals surface area contributed by atoms with Gasteiger partial charge in [-0.25, -0.2) is 0 Å². The zero-order valence-corrected chi connectivity index (χ0v) is 7.02. The maximum absolute atomic E-state index is 5.32. The van der Waals surface area contributed by atoms with Gasteiger partial charge in [-0.3, -0.25) is 4.18 Å². The van der Waals surface area contributed by atoms with Crippen LogP contribution in [0.2, 0.25) is 6.32 Å². The normalized spacial score (nSPS) is 27.0. The zero-order chi connectivity index (χ0) is 7.40. The fourth-order valence-corrected chi connectivity index (χ4v) is 1.24. The predicted molar refractivity (Wildman–Crippen MR) is 41.2 cm³/mol. The van der Waals surface area contributed by atoms with Gasteiger partial charge in [0.1, 0.15) is 12.3 Å². The first kappa shape index (κ1) is 8.39. The third-order valence-electron chi connectivity index (χ3n) is 1.26. The van der Waals surface area contributed by atoms with Gasteiger partial charge >= 0.3 is 7.12 Å². The summed E-state index contributed by atoms with van der Waals surface area (Å²) in [6, 6.07) is 0. The second-order valence-corrected chi connectivity index (χ2v) is 2.59. The molecule has 10 heavy (non-hydrogen) atoms. The Hall–Kier alpha value is 0.295. The van der Waals surface area contributed by atoms with Gasteiger partial charge in [-0.1, -0.05) is 13.8 Å². The van der Waals surface area contributed by atoms with E-state index in [9.17, 15) is 0 Å². The molecule has 1 atom stereocenters. The van der Waals surface area contributed by atoms with Crippen LogP contribution in [0.1, 0.15) is 20.3 Å². The SMILES string of the molecule is CCB1OSOC(CC)O1. The van der Waals surface area contributed by atoms with Gasteiger partial charge in [-0.2, -0.15) is 0 Å². The van der Waals surface area contributed by atoms with Crippen molar-refractivity contribution in [3.05, 3.63) is 0 Å². The van der Waals surface area contributed by atoms with Crippen molar-refractivity contribution in [1.29, 1.82) is 0 Å². The molecular weight excluding hydrogens is 151 g/mol. The van der Waals surface area contributed by atoms with E-state index in [4.69, 9.17) is 12.9 Å². The second kappa shape index (κ2) is 4.23. The van der Waals surface area contributed by atoms with Crippen molar-refractivity contribution in [3.8, 4) is 0 Å². The second-order valence-electron chi connectivity index (χ2n) is 2.07. The Balaban J connectivity index is 2.25. The van der Waals surface area contributed by atoms with E-state index in [1.807, 2.05) is 13.8 Å². The molecule has 0 amide bonds. The minimum atomic E-state index is -0.0938. The summed E-state index contributed by atoms with van der Waals surface area (Å²) >= 11 is 1.04. The molecular formula is C5H11BO3S. The van der Waals surface area contributed by atoms with Crippen LogP contribution in [0.5, 0.6) is 0 Å². The summed E-state index contributed by atoms with van der Waals surface area (Å²) in [5.74, 6) is 0. The quantitative estimate of drug-likeness (QED) is 0.457. The van der Waals surface area contributed by atoms with Crippen LogP contribution in [-0.2, 0) is 12.9 Å². The summed E-state index contributed by atoms with van der Waals surface area (Å²) in [6.07, 6.45) is 1.64. The molecule has 0 aromatic heterocycles. The molecule has 0 saturated carbocycles. The van der Waals surface area contributed by atoms with E-state index in [2.05, 4.69) is 0 Å². The Bertz CT molecular complexity index is 92.9. The zero-order valence-electron chi connectivity index (χ0n) is 6.20. The average Bonchev–Trinajstić information content (AvgIpc) is 2.05. The molecule has 0 spiro atoms. The molecule has 1 heterocycles. The monoisotopic (exact) mass is 162 g/mol. The van der Waals surface area contributed by atoms with E-state index < -0.39 is 0 Å². The van der Waals surface area contributed by atoms with E-state index in [0.717, 1.165) is 25.1 Å². The summed E-state index contributed by atoms with van der Waals surface area (Å²) in [5.41, 5.74) is 0. The van der Waals surface area contributed by atoms with Crippen LogP contribution in [0.4, 0.5) is 0 Å². The molecule has 0 radical (unpaired) electrons.